The van der Waals surface area contributed by atoms with Gasteiger partial charge in [-0.2, -0.15) is 0 Å². The van der Waals surface area contributed by atoms with Gasteiger partial charge in [0.25, 0.3) is 0 Å². The zero-order valence-electron chi connectivity index (χ0n) is 17.9. The van der Waals surface area contributed by atoms with E-state index in [0.717, 1.165) is 18.5 Å². The van der Waals surface area contributed by atoms with Gasteiger partial charge < -0.3 is 9.47 Å². The zero-order valence-corrected chi connectivity index (χ0v) is 18.7. The van der Waals surface area contributed by atoms with E-state index in [-0.39, 0.29) is 17.5 Å². The summed E-state index contributed by atoms with van der Waals surface area (Å²) < 4.78 is 18.4. The molecule has 0 unspecified atom stereocenters. The van der Waals surface area contributed by atoms with Crippen molar-refractivity contribution in [2.75, 3.05) is 18.8 Å². The van der Waals surface area contributed by atoms with Crippen molar-refractivity contribution in [1.29, 1.82) is 0 Å². The van der Waals surface area contributed by atoms with Crippen LogP contribution in [0.25, 0.3) is 17.1 Å². The van der Waals surface area contributed by atoms with Gasteiger partial charge in [-0.25, -0.2) is 9.37 Å². The molecule has 7 nitrogen and oxygen atoms in total. The van der Waals surface area contributed by atoms with Crippen LogP contribution in [0.1, 0.15) is 18.9 Å². The standard InChI is InChI=1S/C24H23FN6OS/c25-21-9-5-4-8-20(21)23-27-28-24(31(23)19-6-2-1-3-7-19)33-16-22(32)29-13-10-18(11-14-29)30-15-12-26-17-30/h1-9,12,15,17-18H,10-11,13-14,16H2. The van der Waals surface area contributed by atoms with E-state index < -0.39 is 0 Å². The number of nitrogens with zero attached hydrogens (tertiary/aromatic N) is 6. The van der Waals surface area contributed by atoms with E-state index in [1.165, 1.54) is 17.8 Å². The highest BCUT2D eigenvalue weighted by Crippen LogP contribution is 2.30. The van der Waals surface area contributed by atoms with E-state index in [0.29, 0.717) is 35.7 Å². The Kier molecular flexibility index (Phi) is 6.21. The number of halogens is 1. The fourth-order valence-electron chi connectivity index (χ4n) is 4.11. The Balaban J connectivity index is 1.32. The summed E-state index contributed by atoms with van der Waals surface area (Å²) in [6.45, 7) is 1.43. The molecule has 0 bridgehead atoms. The third-order valence-electron chi connectivity index (χ3n) is 5.85. The lowest BCUT2D eigenvalue weighted by molar-refractivity contribution is -0.129. The van der Waals surface area contributed by atoms with E-state index in [1.807, 2.05) is 52.3 Å². The molecule has 0 saturated carbocycles. The summed E-state index contributed by atoms with van der Waals surface area (Å²) in [6.07, 6.45) is 7.41. The third kappa shape index (κ3) is 4.54. The van der Waals surface area contributed by atoms with Crippen LogP contribution in [0.4, 0.5) is 4.39 Å². The summed E-state index contributed by atoms with van der Waals surface area (Å²) in [5, 5.41) is 9.13. The highest BCUT2D eigenvalue weighted by Gasteiger charge is 2.25. The van der Waals surface area contributed by atoms with Gasteiger partial charge in [0, 0.05) is 37.2 Å². The molecule has 0 radical (unpaired) electrons. The van der Waals surface area contributed by atoms with E-state index in [4.69, 9.17) is 0 Å². The predicted molar refractivity (Wildman–Crippen MR) is 125 cm³/mol. The maximum absolute atomic E-state index is 14.5. The Morgan fingerprint density at radius 2 is 1.79 bits per heavy atom. The first-order chi connectivity index (χ1) is 16.2. The molecule has 1 saturated heterocycles. The van der Waals surface area contributed by atoms with Gasteiger partial charge in [-0.05, 0) is 37.1 Å². The average Bonchev–Trinajstić information content (AvgIpc) is 3.54. The van der Waals surface area contributed by atoms with Gasteiger partial charge in [0.1, 0.15) is 5.82 Å². The van der Waals surface area contributed by atoms with Crippen molar-refractivity contribution in [3.05, 3.63) is 79.1 Å². The van der Waals surface area contributed by atoms with Crippen LogP contribution in [0.15, 0.2) is 78.5 Å². The van der Waals surface area contributed by atoms with Gasteiger partial charge in [-0.1, -0.05) is 42.1 Å². The van der Waals surface area contributed by atoms with Crippen LogP contribution in [0.5, 0.6) is 0 Å². The maximum Gasteiger partial charge on any atom is 0.233 e. The Morgan fingerprint density at radius 1 is 1.03 bits per heavy atom. The molecular weight excluding hydrogens is 439 g/mol. The van der Waals surface area contributed by atoms with Gasteiger partial charge in [-0.3, -0.25) is 9.36 Å². The highest BCUT2D eigenvalue weighted by atomic mass is 32.2. The van der Waals surface area contributed by atoms with Gasteiger partial charge in [0.05, 0.1) is 17.6 Å². The molecule has 1 aliphatic rings. The third-order valence-corrected chi connectivity index (χ3v) is 6.76. The normalized spacial score (nSPS) is 14.5. The van der Waals surface area contributed by atoms with Crippen molar-refractivity contribution in [3.63, 3.8) is 0 Å². The fraction of sp³-hybridized carbons (Fsp3) is 0.250. The number of rotatable bonds is 6. The number of hydrogen-bond acceptors (Lipinski definition) is 5. The summed E-state index contributed by atoms with van der Waals surface area (Å²) in [4.78, 5) is 18.9. The lowest BCUT2D eigenvalue weighted by Crippen LogP contribution is -2.39. The first-order valence-corrected chi connectivity index (χ1v) is 11.8. The Hall–Kier alpha value is -3.46. The smallest absolute Gasteiger partial charge is 0.233 e. The van der Waals surface area contributed by atoms with Crippen LogP contribution < -0.4 is 0 Å². The van der Waals surface area contributed by atoms with Gasteiger partial charge in [0.2, 0.25) is 5.91 Å². The number of likely N-dealkylation sites (tertiary alicyclic amines) is 1. The van der Waals surface area contributed by atoms with E-state index >= 15 is 0 Å². The van der Waals surface area contributed by atoms with Gasteiger partial charge in [-0.15, -0.1) is 10.2 Å². The van der Waals surface area contributed by atoms with Crippen LogP contribution in [0.2, 0.25) is 0 Å². The summed E-state index contributed by atoms with van der Waals surface area (Å²) in [6, 6.07) is 16.5. The molecule has 1 aliphatic heterocycles. The molecule has 1 amide bonds. The molecule has 168 valence electrons. The number of imidazole rings is 1. The van der Waals surface area contributed by atoms with E-state index in [9.17, 15) is 9.18 Å². The molecule has 0 aliphatic carbocycles. The first-order valence-electron chi connectivity index (χ1n) is 10.8. The monoisotopic (exact) mass is 462 g/mol. The molecule has 0 atom stereocenters. The lowest BCUT2D eigenvalue weighted by atomic mass is 10.1. The Labute approximate surface area is 195 Å². The number of carbonyl (C=O) groups is 1. The minimum atomic E-state index is -0.365. The molecule has 3 heterocycles. The molecule has 2 aromatic carbocycles. The topological polar surface area (TPSA) is 68.8 Å². The minimum absolute atomic E-state index is 0.0686. The largest absolute Gasteiger partial charge is 0.342 e. The van der Waals surface area contributed by atoms with Crippen LogP contribution in [-0.4, -0.2) is 54.0 Å². The Bertz CT molecular complexity index is 1220. The van der Waals surface area contributed by atoms with Crippen LogP contribution in [0, 0.1) is 5.82 Å². The van der Waals surface area contributed by atoms with Crippen molar-refractivity contribution >= 4 is 17.7 Å². The van der Waals surface area contributed by atoms with Crippen LogP contribution in [-0.2, 0) is 4.79 Å². The number of carbonyl (C=O) groups excluding carboxylic acids is 1. The predicted octanol–water partition coefficient (Wildman–Crippen LogP) is 4.23. The summed E-state index contributed by atoms with van der Waals surface area (Å²) in [7, 11) is 0. The van der Waals surface area contributed by atoms with Crippen molar-refractivity contribution < 1.29 is 9.18 Å². The maximum atomic E-state index is 14.5. The van der Waals surface area contributed by atoms with Gasteiger partial charge >= 0.3 is 0 Å². The molecule has 5 rings (SSSR count). The number of hydrogen-bond donors (Lipinski definition) is 0. The van der Waals surface area contributed by atoms with E-state index in [2.05, 4.69) is 19.7 Å². The second-order valence-corrected chi connectivity index (χ2v) is 8.81. The van der Waals surface area contributed by atoms with Crippen molar-refractivity contribution in [2.24, 2.45) is 0 Å². The van der Waals surface area contributed by atoms with Crippen LogP contribution in [0.3, 0.4) is 0 Å². The number of aromatic nitrogens is 5. The number of thioether (sulfide) groups is 1. The molecule has 2 aromatic heterocycles. The number of benzene rings is 2. The van der Waals surface area contributed by atoms with Gasteiger partial charge in [0.15, 0.2) is 11.0 Å². The zero-order chi connectivity index (χ0) is 22.6. The van der Waals surface area contributed by atoms with E-state index in [1.54, 1.807) is 24.4 Å². The van der Waals surface area contributed by atoms with Crippen molar-refractivity contribution in [3.8, 4) is 17.1 Å². The Morgan fingerprint density at radius 3 is 2.52 bits per heavy atom. The average molecular weight is 463 g/mol. The van der Waals surface area contributed by atoms with Crippen molar-refractivity contribution in [2.45, 2.75) is 24.0 Å². The second-order valence-electron chi connectivity index (χ2n) is 7.87. The quantitative estimate of drug-likeness (QED) is 0.401. The number of amides is 1. The SMILES string of the molecule is O=C(CSc1nnc(-c2ccccc2F)n1-c1ccccc1)N1CCC(n2ccnc2)CC1. The first kappa shape index (κ1) is 21.4. The molecule has 1 fully saturated rings. The molecule has 0 N–H and O–H groups in total. The lowest BCUT2D eigenvalue weighted by Gasteiger charge is -2.32. The molecule has 33 heavy (non-hydrogen) atoms. The summed E-state index contributed by atoms with van der Waals surface area (Å²) in [5.41, 5.74) is 1.19. The molecule has 4 aromatic rings. The van der Waals surface area contributed by atoms with Crippen molar-refractivity contribution in [1.82, 2.24) is 29.2 Å². The number of piperidine rings is 1. The highest BCUT2D eigenvalue weighted by molar-refractivity contribution is 7.99. The molecular formula is C24H23FN6OS. The summed E-state index contributed by atoms with van der Waals surface area (Å²) >= 11 is 1.32. The summed E-state index contributed by atoms with van der Waals surface area (Å²) in [5.74, 6) is 0.364. The number of para-hydroxylation sites is 1. The second kappa shape index (κ2) is 9.58. The van der Waals surface area contributed by atoms with Crippen LogP contribution >= 0.6 is 11.8 Å². The molecule has 0 spiro atoms. The minimum Gasteiger partial charge on any atom is -0.342 e. The molecule has 9 heteroatoms. The fourth-order valence-corrected chi connectivity index (χ4v) is 4.96.